The van der Waals surface area contributed by atoms with Gasteiger partial charge in [-0.05, 0) is 56.3 Å². The molecule has 0 radical (unpaired) electrons. The molecule has 3 saturated carbocycles. The van der Waals surface area contributed by atoms with E-state index in [2.05, 4.69) is 0 Å². The summed E-state index contributed by atoms with van der Waals surface area (Å²) in [6, 6.07) is 0. The zero-order valence-corrected chi connectivity index (χ0v) is 15.4. The van der Waals surface area contributed by atoms with Crippen molar-refractivity contribution in [1.82, 2.24) is 0 Å². The predicted octanol–water partition coefficient (Wildman–Crippen LogP) is 4.97. The van der Waals surface area contributed by atoms with Crippen LogP contribution in [0.3, 0.4) is 0 Å². The summed E-state index contributed by atoms with van der Waals surface area (Å²) in [5, 5.41) is 0. The molecule has 3 aliphatic rings. The minimum atomic E-state index is -0.197. The number of hydrogen-bond donors (Lipinski definition) is 1. The smallest absolute Gasteiger partial charge is 0.320 e. The van der Waals surface area contributed by atoms with E-state index in [1.165, 1.54) is 96.3 Å². The average Bonchev–Trinajstić information content (AvgIpc) is 2.68. The molecule has 0 aromatic heterocycles. The van der Waals surface area contributed by atoms with Crippen LogP contribution in [0.25, 0.3) is 0 Å². The van der Waals surface area contributed by atoms with Crippen LogP contribution in [0.15, 0.2) is 0 Å². The van der Waals surface area contributed by atoms with E-state index < -0.39 is 0 Å². The molecular formula is C21H37NO2. The van der Waals surface area contributed by atoms with Gasteiger partial charge in [0, 0.05) is 0 Å². The van der Waals surface area contributed by atoms with Gasteiger partial charge in [0.2, 0.25) is 0 Å². The summed E-state index contributed by atoms with van der Waals surface area (Å²) in [6.07, 6.45) is 19.5. The second kappa shape index (κ2) is 8.69. The number of ether oxygens (including phenoxy) is 1. The number of carbonyl (C=O) groups is 1. The fourth-order valence-corrected chi connectivity index (χ4v) is 6.15. The Labute approximate surface area is 148 Å². The third-order valence-electron chi connectivity index (χ3n) is 7.19. The standard InChI is InChI=1S/C21H37NO2/c22-16-20(23)24-21(17-10-4-1-5-11-17,18-12-6-2-7-13-18)19-14-8-3-9-15-19/h17-19H,1-16,22H2. The van der Waals surface area contributed by atoms with Crippen LogP contribution in [-0.2, 0) is 9.53 Å². The highest BCUT2D eigenvalue weighted by molar-refractivity contribution is 5.72. The van der Waals surface area contributed by atoms with Crippen molar-refractivity contribution in [2.24, 2.45) is 23.5 Å². The van der Waals surface area contributed by atoms with Gasteiger partial charge in [-0.15, -0.1) is 0 Å². The Morgan fingerprint density at radius 3 is 1.33 bits per heavy atom. The molecule has 0 aromatic carbocycles. The Morgan fingerprint density at radius 1 is 0.708 bits per heavy atom. The van der Waals surface area contributed by atoms with Crippen LogP contribution < -0.4 is 5.73 Å². The minimum absolute atomic E-state index is 0.0356. The molecule has 0 bridgehead atoms. The van der Waals surface area contributed by atoms with Crippen molar-refractivity contribution in [3.63, 3.8) is 0 Å². The highest BCUT2D eigenvalue weighted by Crippen LogP contribution is 2.52. The maximum Gasteiger partial charge on any atom is 0.320 e. The molecule has 2 N–H and O–H groups in total. The first-order chi connectivity index (χ1) is 11.8. The van der Waals surface area contributed by atoms with Crippen LogP contribution in [0.5, 0.6) is 0 Å². The Hall–Kier alpha value is -0.570. The first kappa shape index (κ1) is 18.2. The van der Waals surface area contributed by atoms with Crippen LogP contribution in [0, 0.1) is 17.8 Å². The molecule has 0 saturated heterocycles. The van der Waals surface area contributed by atoms with E-state index in [0.717, 1.165) is 0 Å². The van der Waals surface area contributed by atoms with Crippen molar-refractivity contribution in [3.05, 3.63) is 0 Å². The Balaban J connectivity index is 1.93. The van der Waals surface area contributed by atoms with Gasteiger partial charge in [-0.3, -0.25) is 4.79 Å². The van der Waals surface area contributed by atoms with E-state index >= 15 is 0 Å². The number of hydrogen-bond acceptors (Lipinski definition) is 3. The summed E-state index contributed by atoms with van der Waals surface area (Å²) in [5.74, 6) is 1.57. The molecule has 0 aromatic rings. The molecule has 24 heavy (non-hydrogen) atoms. The molecule has 3 fully saturated rings. The topological polar surface area (TPSA) is 52.3 Å². The van der Waals surface area contributed by atoms with Gasteiger partial charge < -0.3 is 10.5 Å². The van der Waals surface area contributed by atoms with E-state index in [0.29, 0.717) is 17.8 Å². The molecule has 0 heterocycles. The fourth-order valence-electron chi connectivity index (χ4n) is 6.15. The molecule has 3 heteroatoms. The van der Waals surface area contributed by atoms with Crippen LogP contribution in [0.1, 0.15) is 96.3 Å². The summed E-state index contributed by atoms with van der Waals surface area (Å²) in [7, 11) is 0. The maximum atomic E-state index is 12.4. The van der Waals surface area contributed by atoms with Gasteiger partial charge in [0.05, 0.1) is 6.54 Å². The van der Waals surface area contributed by atoms with Crippen LogP contribution >= 0.6 is 0 Å². The quantitative estimate of drug-likeness (QED) is 0.722. The molecule has 3 aliphatic carbocycles. The number of nitrogens with two attached hydrogens (primary N) is 1. The molecule has 3 rings (SSSR count). The lowest BCUT2D eigenvalue weighted by Crippen LogP contribution is -2.56. The molecule has 0 aliphatic heterocycles. The second-order valence-electron chi connectivity index (χ2n) is 8.54. The van der Waals surface area contributed by atoms with Gasteiger partial charge in [-0.1, -0.05) is 57.8 Å². The predicted molar refractivity (Wildman–Crippen MR) is 97.6 cm³/mol. The first-order valence-corrected chi connectivity index (χ1v) is 10.7. The average molecular weight is 336 g/mol. The van der Waals surface area contributed by atoms with E-state index in [-0.39, 0.29) is 18.1 Å². The fraction of sp³-hybridized carbons (Fsp3) is 0.952. The zero-order valence-electron chi connectivity index (χ0n) is 15.4. The van der Waals surface area contributed by atoms with E-state index in [9.17, 15) is 4.79 Å². The SMILES string of the molecule is NCC(=O)OC(C1CCCCC1)(C1CCCCC1)C1CCCCC1. The third-order valence-corrected chi connectivity index (χ3v) is 7.19. The second-order valence-corrected chi connectivity index (χ2v) is 8.54. The van der Waals surface area contributed by atoms with Gasteiger partial charge in [0.25, 0.3) is 0 Å². The monoisotopic (exact) mass is 335 g/mol. The summed E-state index contributed by atoms with van der Waals surface area (Å²) < 4.78 is 6.44. The van der Waals surface area contributed by atoms with Crippen LogP contribution in [-0.4, -0.2) is 18.1 Å². The van der Waals surface area contributed by atoms with E-state index in [4.69, 9.17) is 10.5 Å². The van der Waals surface area contributed by atoms with Crippen molar-refractivity contribution in [1.29, 1.82) is 0 Å². The van der Waals surface area contributed by atoms with Crippen molar-refractivity contribution >= 4 is 5.97 Å². The molecular weight excluding hydrogens is 298 g/mol. The lowest BCUT2D eigenvalue weighted by atomic mass is 9.58. The zero-order chi connectivity index (χ0) is 16.8. The van der Waals surface area contributed by atoms with Crippen LogP contribution in [0.2, 0.25) is 0 Å². The van der Waals surface area contributed by atoms with E-state index in [1.54, 1.807) is 0 Å². The number of esters is 1. The van der Waals surface area contributed by atoms with Gasteiger partial charge in [-0.2, -0.15) is 0 Å². The van der Waals surface area contributed by atoms with Crippen LogP contribution in [0.4, 0.5) is 0 Å². The maximum absolute atomic E-state index is 12.4. The van der Waals surface area contributed by atoms with Gasteiger partial charge in [-0.25, -0.2) is 0 Å². The molecule has 3 nitrogen and oxygen atoms in total. The van der Waals surface area contributed by atoms with E-state index in [1.807, 2.05) is 0 Å². The van der Waals surface area contributed by atoms with Gasteiger partial charge >= 0.3 is 5.97 Å². The first-order valence-electron chi connectivity index (χ1n) is 10.7. The molecule has 138 valence electrons. The van der Waals surface area contributed by atoms with Crippen molar-refractivity contribution in [2.75, 3.05) is 6.54 Å². The highest BCUT2D eigenvalue weighted by atomic mass is 16.6. The van der Waals surface area contributed by atoms with Gasteiger partial charge in [0.15, 0.2) is 0 Å². The molecule has 0 amide bonds. The summed E-state index contributed by atoms with van der Waals surface area (Å²) in [4.78, 5) is 12.4. The largest absolute Gasteiger partial charge is 0.457 e. The van der Waals surface area contributed by atoms with Crippen molar-refractivity contribution < 1.29 is 9.53 Å². The Kier molecular flexibility index (Phi) is 6.60. The summed E-state index contributed by atoms with van der Waals surface area (Å²) >= 11 is 0. The highest BCUT2D eigenvalue weighted by Gasteiger charge is 2.53. The molecule has 0 atom stereocenters. The third kappa shape index (κ3) is 3.81. The lowest BCUT2D eigenvalue weighted by Gasteiger charge is -2.53. The normalized spacial score (nSPS) is 25.5. The summed E-state index contributed by atoms with van der Waals surface area (Å²) in [5.41, 5.74) is 5.50. The van der Waals surface area contributed by atoms with Crippen molar-refractivity contribution in [2.45, 2.75) is 102 Å². The lowest BCUT2D eigenvalue weighted by molar-refractivity contribution is -0.197. The van der Waals surface area contributed by atoms with Crippen molar-refractivity contribution in [3.8, 4) is 0 Å². The molecule has 0 unspecified atom stereocenters. The number of rotatable bonds is 5. The van der Waals surface area contributed by atoms with Gasteiger partial charge in [0.1, 0.15) is 5.60 Å². The Morgan fingerprint density at radius 2 is 1.04 bits per heavy atom. The summed E-state index contributed by atoms with van der Waals surface area (Å²) in [6.45, 7) is 0.0356. The Bertz CT molecular complexity index is 345. The molecule has 0 spiro atoms. The number of carbonyl (C=O) groups excluding carboxylic acids is 1. The minimum Gasteiger partial charge on any atom is -0.457 e.